The molecule has 1 aromatic carbocycles. The summed E-state index contributed by atoms with van der Waals surface area (Å²) in [6.07, 6.45) is 5.31. The molecule has 1 aromatic rings. The highest BCUT2D eigenvalue weighted by molar-refractivity contribution is 9.10. The van der Waals surface area contributed by atoms with E-state index in [1.807, 2.05) is 0 Å². The maximum atomic E-state index is 12.8. The first kappa shape index (κ1) is 16.0. The van der Waals surface area contributed by atoms with E-state index < -0.39 is 5.41 Å². The molecule has 0 radical (unpaired) electrons. The van der Waals surface area contributed by atoms with Gasteiger partial charge in [-0.15, -0.1) is 0 Å². The number of esters is 1. The summed E-state index contributed by atoms with van der Waals surface area (Å²) in [6.45, 7) is 2.07. The van der Waals surface area contributed by atoms with Gasteiger partial charge < -0.3 is 9.47 Å². The number of halogens is 1. The molecule has 0 amide bonds. The van der Waals surface area contributed by atoms with Gasteiger partial charge in [-0.05, 0) is 67.7 Å². The molecule has 2 aliphatic carbocycles. The molecule has 1 atom stereocenters. The van der Waals surface area contributed by atoms with Gasteiger partial charge in [0, 0.05) is 11.6 Å². The molecule has 0 heterocycles. The monoisotopic (exact) mass is 366 g/mol. The van der Waals surface area contributed by atoms with Gasteiger partial charge in [0.1, 0.15) is 0 Å². The Morgan fingerprint density at radius 2 is 1.95 bits per heavy atom. The summed E-state index contributed by atoms with van der Waals surface area (Å²) < 4.78 is 11.8. The van der Waals surface area contributed by atoms with Gasteiger partial charge in [-0.1, -0.05) is 22.0 Å². The first-order valence-electron chi connectivity index (χ1n) is 7.87. The van der Waals surface area contributed by atoms with E-state index in [-0.39, 0.29) is 11.4 Å². The van der Waals surface area contributed by atoms with Crippen molar-refractivity contribution in [3.63, 3.8) is 0 Å². The number of ether oxygens (including phenoxy) is 2. The number of hydrogen-bond acceptors (Lipinski definition) is 3. The topological polar surface area (TPSA) is 35.5 Å². The van der Waals surface area contributed by atoms with Crippen LogP contribution in [0.15, 0.2) is 22.7 Å². The van der Waals surface area contributed by atoms with Crippen LogP contribution in [0.2, 0.25) is 0 Å². The SMILES string of the molecule is COC(=O)C1(C)c2cc(Br)ccc2CC12CCC(OC)CC2. The van der Waals surface area contributed by atoms with Crippen LogP contribution < -0.4 is 0 Å². The van der Waals surface area contributed by atoms with Crippen LogP contribution in [-0.2, 0) is 26.1 Å². The Balaban J connectivity index is 2.07. The zero-order valence-electron chi connectivity index (χ0n) is 13.4. The summed E-state index contributed by atoms with van der Waals surface area (Å²) in [5.74, 6) is -0.111. The van der Waals surface area contributed by atoms with Crippen LogP contribution >= 0.6 is 15.9 Å². The molecule has 1 unspecified atom stereocenters. The number of rotatable bonds is 2. The van der Waals surface area contributed by atoms with Crippen molar-refractivity contribution in [2.45, 2.75) is 50.5 Å². The fraction of sp³-hybridized carbons (Fsp3) is 0.611. The summed E-state index contributed by atoms with van der Waals surface area (Å²) in [5, 5.41) is 0. The van der Waals surface area contributed by atoms with Crippen molar-refractivity contribution in [1.29, 1.82) is 0 Å². The number of carbonyl (C=O) groups is 1. The van der Waals surface area contributed by atoms with E-state index in [9.17, 15) is 4.79 Å². The lowest BCUT2D eigenvalue weighted by molar-refractivity contribution is -0.154. The van der Waals surface area contributed by atoms with Crippen LogP contribution in [0.4, 0.5) is 0 Å². The van der Waals surface area contributed by atoms with Crippen molar-refractivity contribution in [3.8, 4) is 0 Å². The third-order valence-corrected chi connectivity index (χ3v) is 6.51. The van der Waals surface area contributed by atoms with E-state index in [0.717, 1.165) is 42.1 Å². The number of methoxy groups -OCH3 is 2. The second-order valence-electron chi connectivity index (χ2n) is 6.81. The van der Waals surface area contributed by atoms with Crippen molar-refractivity contribution < 1.29 is 14.3 Å². The summed E-state index contributed by atoms with van der Waals surface area (Å²) in [4.78, 5) is 12.8. The minimum absolute atomic E-state index is 0.0434. The summed E-state index contributed by atoms with van der Waals surface area (Å²) in [5.41, 5.74) is 1.80. The predicted octanol–water partition coefficient (Wildman–Crippen LogP) is 4.01. The Kier molecular flexibility index (Phi) is 4.11. The van der Waals surface area contributed by atoms with Gasteiger partial charge in [0.05, 0.1) is 18.6 Å². The molecule has 3 rings (SSSR count). The zero-order chi connectivity index (χ0) is 16.0. The third kappa shape index (κ3) is 2.15. The molecule has 0 aromatic heterocycles. The maximum Gasteiger partial charge on any atom is 0.316 e. The molecule has 22 heavy (non-hydrogen) atoms. The molecular weight excluding hydrogens is 344 g/mol. The van der Waals surface area contributed by atoms with Crippen molar-refractivity contribution in [2.75, 3.05) is 14.2 Å². The number of fused-ring (bicyclic) bond motifs is 1. The van der Waals surface area contributed by atoms with E-state index >= 15 is 0 Å². The first-order valence-corrected chi connectivity index (χ1v) is 8.66. The van der Waals surface area contributed by atoms with Crippen LogP contribution in [-0.4, -0.2) is 26.3 Å². The van der Waals surface area contributed by atoms with Crippen LogP contribution in [0, 0.1) is 5.41 Å². The van der Waals surface area contributed by atoms with Crippen molar-refractivity contribution >= 4 is 21.9 Å². The van der Waals surface area contributed by atoms with E-state index in [4.69, 9.17) is 9.47 Å². The average molecular weight is 367 g/mol. The fourth-order valence-corrected chi connectivity index (χ4v) is 4.94. The molecule has 4 heteroatoms. The molecule has 1 spiro atoms. The van der Waals surface area contributed by atoms with Crippen molar-refractivity contribution in [2.24, 2.45) is 5.41 Å². The zero-order valence-corrected chi connectivity index (χ0v) is 15.0. The van der Waals surface area contributed by atoms with Gasteiger partial charge in [0.2, 0.25) is 0 Å². The van der Waals surface area contributed by atoms with Crippen LogP contribution in [0.1, 0.15) is 43.7 Å². The smallest absolute Gasteiger partial charge is 0.316 e. The Morgan fingerprint density at radius 3 is 2.55 bits per heavy atom. The van der Waals surface area contributed by atoms with E-state index in [2.05, 4.69) is 41.1 Å². The molecule has 0 bridgehead atoms. The maximum absolute atomic E-state index is 12.8. The summed E-state index contributed by atoms with van der Waals surface area (Å²) >= 11 is 3.55. The molecule has 0 saturated heterocycles. The molecule has 0 N–H and O–H groups in total. The normalized spacial score (nSPS) is 33.7. The molecular formula is C18H23BrO3. The van der Waals surface area contributed by atoms with E-state index in [1.165, 1.54) is 12.7 Å². The van der Waals surface area contributed by atoms with E-state index in [0.29, 0.717) is 6.10 Å². The molecule has 1 saturated carbocycles. The Morgan fingerprint density at radius 1 is 1.27 bits per heavy atom. The highest BCUT2D eigenvalue weighted by Crippen LogP contribution is 2.59. The van der Waals surface area contributed by atoms with Gasteiger partial charge in [0.25, 0.3) is 0 Å². The summed E-state index contributed by atoms with van der Waals surface area (Å²) in [7, 11) is 3.28. The largest absolute Gasteiger partial charge is 0.468 e. The second-order valence-corrected chi connectivity index (χ2v) is 7.73. The lowest BCUT2D eigenvalue weighted by Crippen LogP contribution is -2.49. The average Bonchev–Trinajstić information content (AvgIpc) is 2.77. The first-order chi connectivity index (χ1) is 10.5. The Bertz CT molecular complexity index is 590. The number of benzene rings is 1. The lowest BCUT2D eigenvalue weighted by atomic mass is 9.58. The highest BCUT2D eigenvalue weighted by Gasteiger charge is 2.60. The van der Waals surface area contributed by atoms with Gasteiger partial charge >= 0.3 is 5.97 Å². The van der Waals surface area contributed by atoms with Gasteiger partial charge in [-0.3, -0.25) is 4.79 Å². The van der Waals surface area contributed by atoms with Crippen LogP contribution in [0.5, 0.6) is 0 Å². The lowest BCUT2D eigenvalue weighted by Gasteiger charge is -2.46. The van der Waals surface area contributed by atoms with Crippen molar-refractivity contribution in [3.05, 3.63) is 33.8 Å². The van der Waals surface area contributed by atoms with Gasteiger partial charge in [-0.25, -0.2) is 0 Å². The van der Waals surface area contributed by atoms with Crippen molar-refractivity contribution in [1.82, 2.24) is 0 Å². The number of hydrogen-bond donors (Lipinski definition) is 0. The van der Waals surface area contributed by atoms with E-state index in [1.54, 1.807) is 7.11 Å². The second kappa shape index (κ2) is 5.64. The standard InChI is InChI=1S/C18H23BrO3/c1-17(16(20)22-3)15-10-13(19)5-4-12(15)11-18(17)8-6-14(21-2)7-9-18/h4-5,10,14H,6-9,11H2,1-3H3. The molecule has 3 nitrogen and oxygen atoms in total. The predicted molar refractivity (Wildman–Crippen MR) is 88.9 cm³/mol. The van der Waals surface area contributed by atoms with Gasteiger partial charge in [-0.2, -0.15) is 0 Å². The molecule has 1 fully saturated rings. The third-order valence-electron chi connectivity index (χ3n) is 6.02. The fourth-order valence-electron chi connectivity index (χ4n) is 4.58. The minimum atomic E-state index is -0.570. The molecule has 120 valence electrons. The Hall–Kier alpha value is -0.870. The summed E-state index contributed by atoms with van der Waals surface area (Å²) in [6, 6.07) is 6.32. The highest BCUT2D eigenvalue weighted by atomic mass is 79.9. The minimum Gasteiger partial charge on any atom is -0.468 e. The molecule has 0 aliphatic heterocycles. The van der Waals surface area contributed by atoms with Crippen LogP contribution in [0.3, 0.4) is 0 Å². The quantitative estimate of drug-likeness (QED) is 0.741. The number of carbonyl (C=O) groups excluding carboxylic acids is 1. The Labute approximate surface area is 140 Å². The van der Waals surface area contributed by atoms with Gasteiger partial charge in [0.15, 0.2) is 0 Å². The molecule has 2 aliphatic rings. The van der Waals surface area contributed by atoms with Crippen LogP contribution in [0.25, 0.3) is 0 Å².